The average molecular weight is 320 g/mol. The van der Waals surface area contributed by atoms with Crippen molar-refractivity contribution in [1.82, 2.24) is 19.4 Å². The number of fused-ring (bicyclic) bond motifs is 1. The lowest BCUT2D eigenvalue weighted by atomic mass is 9.75. The number of aryl methyl sites for hydroxylation is 1. The third-order valence-electron chi connectivity index (χ3n) is 5.74. The lowest BCUT2D eigenvalue weighted by Gasteiger charge is -2.29. The van der Waals surface area contributed by atoms with Gasteiger partial charge in [-0.25, -0.2) is 4.98 Å². The van der Waals surface area contributed by atoms with E-state index in [1.54, 1.807) is 0 Å². The maximum atomic E-state index is 12.1. The Bertz CT molecular complexity index is 571. The van der Waals surface area contributed by atoms with Gasteiger partial charge in [0.25, 0.3) is 0 Å². The minimum absolute atomic E-state index is 0.199. The van der Waals surface area contributed by atoms with E-state index in [1.807, 2.05) is 24.0 Å². The Morgan fingerprint density at radius 2 is 2.26 bits per heavy atom. The molecule has 0 amide bonds. The number of imidazole rings is 1. The molecule has 0 unspecified atom stereocenters. The normalized spacial score (nSPS) is 29.7. The number of carboxylic acids is 1. The van der Waals surface area contributed by atoms with Gasteiger partial charge in [-0.15, -0.1) is 0 Å². The van der Waals surface area contributed by atoms with E-state index in [0.29, 0.717) is 12.6 Å². The van der Waals surface area contributed by atoms with Crippen molar-refractivity contribution in [2.24, 2.45) is 18.4 Å². The fourth-order valence-corrected chi connectivity index (χ4v) is 4.19. The molecule has 128 valence electrons. The van der Waals surface area contributed by atoms with E-state index in [0.717, 1.165) is 44.8 Å². The molecule has 0 spiro atoms. The molecule has 6 nitrogen and oxygen atoms in total. The number of carbonyl (C=O) groups is 1. The summed E-state index contributed by atoms with van der Waals surface area (Å²) in [5.41, 5.74) is -0.569. The molecule has 3 rings (SSSR count). The van der Waals surface area contributed by atoms with Crippen molar-refractivity contribution in [3.63, 3.8) is 0 Å². The summed E-state index contributed by atoms with van der Waals surface area (Å²) in [6.45, 7) is 8.51. The van der Waals surface area contributed by atoms with E-state index < -0.39 is 11.4 Å². The first-order chi connectivity index (χ1) is 10.9. The number of hydrogen-bond donors (Lipinski definition) is 1. The molecule has 3 heterocycles. The number of aliphatic carboxylic acids is 1. The monoisotopic (exact) mass is 320 g/mol. The molecular weight excluding hydrogens is 292 g/mol. The van der Waals surface area contributed by atoms with Crippen molar-refractivity contribution in [1.29, 1.82) is 0 Å². The first-order valence-electron chi connectivity index (χ1n) is 8.58. The smallest absolute Gasteiger partial charge is 0.311 e. The maximum absolute atomic E-state index is 12.1. The van der Waals surface area contributed by atoms with Crippen LogP contribution in [0, 0.1) is 11.3 Å². The van der Waals surface area contributed by atoms with Crippen LogP contribution in [-0.4, -0.2) is 62.6 Å². The van der Waals surface area contributed by atoms with Crippen molar-refractivity contribution in [2.45, 2.75) is 39.3 Å². The van der Waals surface area contributed by atoms with E-state index in [9.17, 15) is 9.90 Å². The quantitative estimate of drug-likeness (QED) is 0.909. The van der Waals surface area contributed by atoms with Gasteiger partial charge in [0.05, 0.1) is 12.0 Å². The second-order valence-electron chi connectivity index (χ2n) is 7.47. The molecule has 1 aromatic heterocycles. The Kier molecular flexibility index (Phi) is 4.47. The number of hydrogen-bond acceptors (Lipinski definition) is 4. The summed E-state index contributed by atoms with van der Waals surface area (Å²) in [5.74, 6) is 0.640. The SMILES string of the molecule is CC(C)N1C[C@@H]2CN(Cc3nccn3C)CCC[C@]2(C(=O)O)C1. The molecule has 0 radical (unpaired) electrons. The van der Waals surface area contributed by atoms with E-state index in [1.165, 1.54) is 0 Å². The van der Waals surface area contributed by atoms with Crippen LogP contribution in [0.5, 0.6) is 0 Å². The summed E-state index contributed by atoms with van der Waals surface area (Å²) < 4.78 is 2.05. The standard InChI is InChI=1S/C17H28N4O2/c1-13(2)21-10-14-9-20(11-15-18-6-8-19(15)3)7-4-5-17(14,12-21)16(22)23/h6,8,13-14H,4-5,7,9-12H2,1-3H3,(H,22,23)/t14-,17-/m0/s1. The minimum atomic E-state index is -0.607. The van der Waals surface area contributed by atoms with Gasteiger partial charge >= 0.3 is 5.97 Å². The van der Waals surface area contributed by atoms with Crippen LogP contribution >= 0.6 is 0 Å². The second-order valence-corrected chi connectivity index (χ2v) is 7.47. The van der Waals surface area contributed by atoms with Crippen LogP contribution in [0.4, 0.5) is 0 Å². The van der Waals surface area contributed by atoms with Crippen LogP contribution in [0.15, 0.2) is 12.4 Å². The van der Waals surface area contributed by atoms with Crippen molar-refractivity contribution in [2.75, 3.05) is 26.2 Å². The highest BCUT2D eigenvalue weighted by Crippen LogP contribution is 2.43. The predicted octanol–water partition coefficient (Wildman–Crippen LogP) is 1.43. The van der Waals surface area contributed by atoms with Crippen LogP contribution in [0.1, 0.15) is 32.5 Å². The van der Waals surface area contributed by atoms with Gasteiger partial charge in [0, 0.05) is 51.0 Å². The minimum Gasteiger partial charge on any atom is -0.481 e. The van der Waals surface area contributed by atoms with Crippen LogP contribution < -0.4 is 0 Å². The van der Waals surface area contributed by atoms with Crippen LogP contribution in [-0.2, 0) is 18.4 Å². The largest absolute Gasteiger partial charge is 0.481 e. The zero-order chi connectivity index (χ0) is 16.6. The highest BCUT2D eigenvalue weighted by atomic mass is 16.4. The highest BCUT2D eigenvalue weighted by molar-refractivity contribution is 5.76. The van der Waals surface area contributed by atoms with Crippen LogP contribution in [0.2, 0.25) is 0 Å². The zero-order valence-electron chi connectivity index (χ0n) is 14.4. The third kappa shape index (κ3) is 3.02. The summed E-state index contributed by atoms with van der Waals surface area (Å²) in [7, 11) is 2.01. The number of likely N-dealkylation sites (tertiary alicyclic amines) is 2. The number of rotatable bonds is 4. The van der Waals surface area contributed by atoms with Crippen molar-refractivity contribution in [3.8, 4) is 0 Å². The fourth-order valence-electron chi connectivity index (χ4n) is 4.19. The van der Waals surface area contributed by atoms with Gasteiger partial charge in [0.2, 0.25) is 0 Å². The van der Waals surface area contributed by atoms with Gasteiger partial charge in [-0.2, -0.15) is 0 Å². The molecular formula is C17H28N4O2. The third-order valence-corrected chi connectivity index (χ3v) is 5.74. The maximum Gasteiger partial charge on any atom is 0.311 e. The fraction of sp³-hybridized carbons (Fsp3) is 0.765. The first-order valence-corrected chi connectivity index (χ1v) is 8.58. The lowest BCUT2D eigenvalue weighted by molar-refractivity contribution is -0.151. The summed E-state index contributed by atoms with van der Waals surface area (Å²) in [6.07, 6.45) is 5.52. The molecule has 0 aliphatic carbocycles. The summed E-state index contributed by atoms with van der Waals surface area (Å²) >= 11 is 0. The molecule has 2 aliphatic rings. The molecule has 2 fully saturated rings. The van der Waals surface area contributed by atoms with E-state index in [4.69, 9.17) is 0 Å². The molecule has 2 saturated heterocycles. The molecule has 0 bridgehead atoms. The molecule has 1 N–H and O–H groups in total. The van der Waals surface area contributed by atoms with E-state index >= 15 is 0 Å². The topological polar surface area (TPSA) is 61.6 Å². The van der Waals surface area contributed by atoms with E-state index in [-0.39, 0.29) is 5.92 Å². The van der Waals surface area contributed by atoms with Gasteiger partial charge in [-0.05, 0) is 33.2 Å². The summed E-state index contributed by atoms with van der Waals surface area (Å²) in [4.78, 5) is 21.2. The number of carboxylic acid groups (broad SMARTS) is 1. The molecule has 0 aromatic carbocycles. The van der Waals surface area contributed by atoms with Gasteiger partial charge < -0.3 is 9.67 Å². The van der Waals surface area contributed by atoms with E-state index in [2.05, 4.69) is 28.6 Å². The second kappa shape index (κ2) is 6.24. The highest BCUT2D eigenvalue weighted by Gasteiger charge is 2.53. The summed E-state index contributed by atoms with van der Waals surface area (Å²) in [6, 6.07) is 0.404. The van der Waals surface area contributed by atoms with Gasteiger partial charge in [-0.3, -0.25) is 14.6 Å². The molecule has 1 aromatic rings. The van der Waals surface area contributed by atoms with Crippen LogP contribution in [0.25, 0.3) is 0 Å². The predicted molar refractivity (Wildman–Crippen MR) is 88.0 cm³/mol. The Morgan fingerprint density at radius 3 is 2.87 bits per heavy atom. The van der Waals surface area contributed by atoms with Crippen LogP contribution in [0.3, 0.4) is 0 Å². The molecule has 2 aliphatic heterocycles. The Labute approximate surface area is 138 Å². The van der Waals surface area contributed by atoms with Crippen molar-refractivity contribution < 1.29 is 9.90 Å². The van der Waals surface area contributed by atoms with Gasteiger partial charge in [0.1, 0.15) is 5.82 Å². The molecule has 0 saturated carbocycles. The molecule has 2 atom stereocenters. The molecule has 6 heteroatoms. The average Bonchev–Trinajstić information content (AvgIpc) is 3.00. The number of nitrogens with zero attached hydrogens (tertiary/aromatic N) is 4. The first kappa shape index (κ1) is 16.5. The summed E-state index contributed by atoms with van der Waals surface area (Å²) in [5, 5.41) is 9.95. The Balaban J connectivity index is 1.78. The Hall–Kier alpha value is -1.40. The Morgan fingerprint density at radius 1 is 1.48 bits per heavy atom. The lowest BCUT2D eigenvalue weighted by Crippen LogP contribution is -2.41. The van der Waals surface area contributed by atoms with Gasteiger partial charge in [0.15, 0.2) is 0 Å². The number of aromatic nitrogens is 2. The van der Waals surface area contributed by atoms with Gasteiger partial charge in [-0.1, -0.05) is 0 Å². The van der Waals surface area contributed by atoms with Crippen molar-refractivity contribution >= 4 is 5.97 Å². The molecule has 23 heavy (non-hydrogen) atoms. The van der Waals surface area contributed by atoms with Crippen molar-refractivity contribution in [3.05, 3.63) is 18.2 Å². The zero-order valence-corrected chi connectivity index (χ0v) is 14.4.